The van der Waals surface area contributed by atoms with E-state index in [1.807, 2.05) is 0 Å². The molecule has 0 aliphatic heterocycles. The number of ketones is 1. The topological polar surface area (TPSA) is 68.9 Å². The van der Waals surface area contributed by atoms with Crippen molar-refractivity contribution in [2.45, 2.75) is 6.92 Å². The van der Waals surface area contributed by atoms with Crippen LogP contribution in [0.4, 0.5) is 10.2 Å². The molecule has 5 heteroatoms. The van der Waals surface area contributed by atoms with Gasteiger partial charge in [0.25, 0.3) is 0 Å². The molecule has 2 aromatic rings. The number of nitrogens with zero attached hydrogens (tertiary/aromatic N) is 2. The molecular weight excluding hydrogens is 221 g/mol. The fraction of sp³-hybridized carbons (Fsp3) is 0.0833. The molecule has 0 radical (unpaired) electrons. The molecule has 0 saturated carbocycles. The quantitative estimate of drug-likeness (QED) is 0.799. The Balaban J connectivity index is 2.56. The summed E-state index contributed by atoms with van der Waals surface area (Å²) in [5.41, 5.74) is 6.49. The molecule has 0 aromatic carbocycles. The first-order chi connectivity index (χ1) is 8.11. The first kappa shape index (κ1) is 11.2. The van der Waals surface area contributed by atoms with E-state index in [0.717, 1.165) is 6.20 Å². The van der Waals surface area contributed by atoms with E-state index >= 15 is 0 Å². The first-order valence-electron chi connectivity index (χ1n) is 4.96. The molecule has 0 aliphatic rings. The van der Waals surface area contributed by atoms with E-state index in [4.69, 9.17) is 5.73 Å². The lowest BCUT2D eigenvalue weighted by atomic mass is 10.0. The maximum Gasteiger partial charge on any atom is 0.200 e. The third-order valence-corrected chi connectivity index (χ3v) is 2.43. The van der Waals surface area contributed by atoms with E-state index in [-0.39, 0.29) is 16.9 Å². The number of rotatable bonds is 2. The van der Waals surface area contributed by atoms with E-state index in [1.165, 1.54) is 18.5 Å². The Bertz CT molecular complexity index is 563. The Hall–Kier alpha value is -2.30. The largest absolute Gasteiger partial charge is 0.383 e. The van der Waals surface area contributed by atoms with Gasteiger partial charge in [0, 0.05) is 12.4 Å². The number of nitrogen functional groups attached to an aromatic ring is 1. The highest BCUT2D eigenvalue weighted by atomic mass is 19.1. The van der Waals surface area contributed by atoms with Gasteiger partial charge in [-0.3, -0.25) is 9.78 Å². The fourth-order valence-electron chi connectivity index (χ4n) is 1.57. The molecule has 0 saturated heterocycles. The highest BCUT2D eigenvalue weighted by Gasteiger charge is 2.18. The Morgan fingerprint density at radius 2 is 2.12 bits per heavy atom. The van der Waals surface area contributed by atoms with Crippen LogP contribution < -0.4 is 5.73 Å². The molecule has 4 nitrogen and oxygen atoms in total. The van der Waals surface area contributed by atoms with Gasteiger partial charge in [0.1, 0.15) is 5.82 Å². The lowest BCUT2D eigenvalue weighted by Crippen LogP contribution is -2.10. The number of hydrogen-bond donors (Lipinski definition) is 1. The second-order valence-corrected chi connectivity index (χ2v) is 3.57. The van der Waals surface area contributed by atoms with Crippen molar-refractivity contribution in [1.29, 1.82) is 0 Å². The van der Waals surface area contributed by atoms with Gasteiger partial charge in [-0.2, -0.15) is 0 Å². The van der Waals surface area contributed by atoms with Crippen LogP contribution in [0.2, 0.25) is 0 Å². The van der Waals surface area contributed by atoms with Gasteiger partial charge in [-0.25, -0.2) is 9.37 Å². The average Bonchev–Trinajstić information content (AvgIpc) is 2.29. The highest BCUT2D eigenvalue weighted by molar-refractivity contribution is 6.12. The Morgan fingerprint density at radius 3 is 2.76 bits per heavy atom. The van der Waals surface area contributed by atoms with Gasteiger partial charge in [-0.05, 0) is 24.6 Å². The van der Waals surface area contributed by atoms with Crippen LogP contribution in [0.15, 0.2) is 30.7 Å². The standard InChI is InChI=1S/C12H10FN3O/c1-7-2-5-16-12(14)10(7)11(17)8-3-4-15-6-9(8)13/h2-6H,1H3,(H2,14,16). The zero-order valence-corrected chi connectivity index (χ0v) is 9.14. The predicted octanol–water partition coefficient (Wildman–Crippen LogP) is 1.74. The molecular formula is C12H10FN3O. The molecule has 2 heterocycles. The summed E-state index contributed by atoms with van der Waals surface area (Å²) in [4.78, 5) is 19.5. The lowest BCUT2D eigenvalue weighted by molar-refractivity contribution is 0.103. The first-order valence-corrected chi connectivity index (χ1v) is 4.96. The van der Waals surface area contributed by atoms with Crippen LogP contribution in [0.25, 0.3) is 0 Å². The van der Waals surface area contributed by atoms with E-state index in [0.29, 0.717) is 5.56 Å². The number of aryl methyl sites for hydroxylation is 1. The lowest BCUT2D eigenvalue weighted by Gasteiger charge is -2.07. The second kappa shape index (κ2) is 4.29. The third-order valence-electron chi connectivity index (χ3n) is 2.43. The maximum atomic E-state index is 13.4. The van der Waals surface area contributed by atoms with Crippen LogP contribution in [0.3, 0.4) is 0 Å². The van der Waals surface area contributed by atoms with Crippen molar-refractivity contribution in [3.63, 3.8) is 0 Å². The van der Waals surface area contributed by atoms with Crippen LogP contribution >= 0.6 is 0 Å². The summed E-state index contributed by atoms with van der Waals surface area (Å²) in [6, 6.07) is 2.98. The number of hydrogen-bond acceptors (Lipinski definition) is 4. The van der Waals surface area contributed by atoms with Crippen LogP contribution in [-0.2, 0) is 0 Å². The summed E-state index contributed by atoms with van der Waals surface area (Å²) < 4.78 is 13.4. The molecule has 2 aromatic heterocycles. The molecule has 0 atom stereocenters. The summed E-state index contributed by atoms with van der Waals surface area (Å²) in [6.45, 7) is 1.73. The molecule has 0 spiro atoms. The van der Waals surface area contributed by atoms with Crippen LogP contribution in [0, 0.1) is 12.7 Å². The monoisotopic (exact) mass is 231 g/mol. The number of aromatic nitrogens is 2. The van der Waals surface area contributed by atoms with Gasteiger partial charge in [-0.15, -0.1) is 0 Å². The molecule has 0 amide bonds. The van der Waals surface area contributed by atoms with Gasteiger partial charge in [0.15, 0.2) is 11.6 Å². The SMILES string of the molecule is Cc1ccnc(N)c1C(=O)c1ccncc1F. The van der Waals surface area contributed by atoms with Crippen molar-refractivity contribution in [2.75, 3.05) is 5.73 Å². The molecule has 2 N–H and O–H groups in total. The van der Waals surface area contributed by atoms with Crippen molar-refractivity contribution in [3.05, 3.63) is 53.2 Å². The molecule has 0 unspecified atom stereocenters. The normalized spacial score (nSPS) is 10.2. The fourth-order valence-corrected chi connectivity index (χ4v) is 1.57. The van der Waals surface area contributed by atoms with Gasteiger partial charge < -0.3 is 5.73 Å². The number of halogens is 1. The summed E-state index contributed by atoms with van der Waals surface area (Å²) >= 11 is 0. The average molecular weight is 231 g/mol. The van der Waals surface area contributed by atoms with Gasteiger partial charge in [0.2, 0.25) is 0 Å². The van der Waals surface area contributed by atoms with Crippen molar-refractivity contribution in [1.82, 2.24) is 9.97 Å². The highest BCUT2D eigenvalue weighted by Crippen LogP contribution is 2.19. The predicted molar refractivity (Wildman–Crippen MR) is 61.0 cm³/mol. The molecule has 0 fully saturated rings. The molecule has 86 valence electrons. The minimum absolute atomic E-state index is 0.0530. The number of pyridine rings is 2. The van der Waals surface area contributed by atoms with Crippen molar-refractivity contribution >= 4 is 11.6 Å². The molecule has 2 rings (SSSR count). The van der Waals surface area contributed by atoms with E-state index in [1.54, 1.807) is 13.0 Å². The maximum absolute atomic E-state index is 13.4. The number of carbonyl (C=O) groups is 1. The number of anilines is 1. The van der Waals surface area contributed by atoms with Crippen LogP contribution in [-0.4, -0.2) is 15.8 Å². The number of nitrogens with two attached hydrogens (primary N) is 1. The van der Waals surface area contributed by atoms with E-state index < -0.39 is 11.6 Å². The zero-order chi connectivity index (χ0) is 12.4. The smallest absolute Gasteiger partial charge is 0.200 e. The van der Waals surface area contributed by atoms with Crippen molar-refractivity contribution in [3.8, 4) is 0 Å². The minimum Gasteiger partial charge on any atom is -0.383 e. The third kappa shape index (κ3) is 1.99. The molecule has 0 bridgehead atoms. The summed E-state index contributed by atoms with van der Waals surface area (Å²) in [7, 11) is 0. The second-order valence-electron chi connectivity index (χ2n) is 3.57. The summed E-state index contributed by atoms with van der Waals surface area (Å²) in [5, 5.41) is 0. The minimum atomic E-state index is -0.667. The molecule has 0 aliphatic carbocycles. The van der Waals surface area contributed by atoms with Crippen molar-refractivity contribution < 1.29 is 9.18 Å². The Kier molecular flexibility index (Phi) is 2.82. The Labute approximate surface area is 97.3 Å². The summed E-state index contributed by atoms with van der Waals surface area (Å²) in [5.74, 6) is -1.04. The molecule has 17 heavy (non-hydrogen) atoms. The van der Waals surface area contributed by atoms with Crippen LogP contribution in [0.5, 0.6) is 0 Å². The van der Waals surface area contributed by atoms with Crippen molar-refractivity contribution in [2.24, 2.45) is 0 Å². The van der Waals surface area contributed by atoms with E-state index in [2.05, 4.69) is 9.97 Å². The summed E-state index contributed by atoms with van der Waals surface area (Å²) in [6.07, 6.45) is 3.86. The number of carbonyl (C=O) groups excluding carboxylic acids is 1. The Morgan fingerprint density at radius 1 is 1.35 bits per heavy atom. The van der Waals surface area contributed by atoms with Gasteiger partial charge in [-0.1, -0.05) is 0 Å². The van der Waals surface area contributed by atoms with E-state index in [9.17, 15) is 9.18 Å². The van der Waals surface area contributed by atoms with Gasteiger partial charge >= 0.3 is 0 Å². The van der Waals surface area contributed by atoms with Gasteiger partial charge in [0.05, 0.1) is 17.3 Å². The zero-order valence-electron chi connectivity index (χ0n) is 9.14. The van der Waals surface area contributed by atoms with Crippen LogP contribution in [0.1, 0.15) is 21.5 Å².